The summed E-state index contributed by atoms with van der Waals surface area (Å²) in [5.41, 5.74) is 6.69. The molecule has 106 valence electrons. The average Bonchev–Trinajstić information content (AvgIpc) is 2.30. The van der Waals surface area contributed by atoms with Crippen molar-refractivity contribution in [1.82, 2.24) is 5.32 Å². The summed E-state index contributed by atoms with van der Waals surface area (Å²) in [6.07, 6.45) is -5.15. The van der Waals surface area contributed by atoms with Gasteiger partial charge in [-0.15, -0.1) is 0 Å². The van der Waals surface area contributed by atoms with E-state index in [0.29, 0.717) is 17.8 Å². The Morgan fingerprint density at radius 3 is 2.58 bits per heavy atom. The first-order valence-electron chi connectivity index (χ1n) is 5.82. The molecule has 7 heteroatoms. The van der Waals surface area contributed by atoms with Crippen molar-refractivity contribution in [3.8, 4) is 0 Å². The number of nitrogens with one attached hydrogen (secondary N) is 2. The Bertz CT molecular complexity index is 446. The molecule has 0 unspecified atom stereocenters. The first-order chi connectivity index (χ1) is 8.83. The number of nitrogens with two attached hydrogens (primary N) is 1. The number of rotatable bonds is 5. The van der Waals surface area contributed by atoms with E-state index in [1.54, 1.807) is 6.92 Å². The number of amides is 1. The highest BCUT2D eigenvalue weighted by Crippen LogP contribution is 2.22. The third-order valence-electron chi connectivity index (χ3n) is 2.38. The Balaban J connectivity index is 2.65. The molecule has 0 atom stereocenters. The Kier molecular flexibility index (Phi) is 5.02. The highest BCUT2D eigenvalue weighted by atomic mass is 19.4. The molecule has 1 aromatic carbocycles. The third-order valence-corrected chi connectivity index (χ3v) is 2.38. The summed E-state index contributed by atoms with van der Waals surface area (Å²) in [4.78, 5) is 11.5. The van der Waals surface area contributed by atoms with E-state index in [-0.39, 0.29) is 18.1 Å². The van der Waals surface area contributed by atoms with Gasteiger partial charge < -0.3 is 16.4 Å². The van der Waals surface area contributed by atoms with E-state index in [4.69, 9.17) is 5.73 Å². The predicted molar refractivity (Wildman–Crippen MR) is 68.0 cm³/mol. The number of anilines is 2. The van der Waals surface area contributed by atoms with Crippen molar-refractivity contribution >= 4 is 17.3 Å². The minimum atomic E-state index is -4.21. The molecular formula is C12H16F3N3O. The lowest BCUT2D eigenvalue weighted by Crippen LogP contribution is -2.22. The summed E-state index contributed by atoms with van der Waals surface area (Å²) < 4.78 is 36.0. The van der Waals surface area contributed by atoms with Crippen LogP contribution in [-0.2, 0) is 0 Å². The maximum absolute atomic E-state index is 12.0. The Hall–Kier alpha value is -1.92. The zero-order valence-electron chi connectivity index (χ0n) is 10.5. The number of hydrogen-bond acceptors (Lipinski definition) is 3. The molecule has 0 aliphatic rings. The fourth-order valence-corrected chi connectivity index (χ4v) is 1.47. The highest BCUT2D eigenvalue weighted by molar-refractivity contribution is 5.96. The average molecular weight is 275 g/mol. The molecule has 0 aliphatic heterocycles. The molecule has 4 N–H and O–H groups in total. The molecule has 19 heavy (non-hydrogen) atoms. The van der Waals surface area contributed by atoms with Crippen LogP contribution in [0.2, 0.25) is 0 Å². The lowest BCUT2D eigenvalue weighted by Gasteiger charge is -2.12. The van der Waals surface area contributed by atoms with E-state index in [0.717, 1.165) is 0 Å². The molecule has 0 aliphatic carbocycles. The van der Waals surface area contributed by atoms with Crippen molar-refractivity contribution in [3.05, 3.63) is 23.8 Å². The molecule has 0 bridgehead atoms. The van der Waals surface area contributed by atoms with Gasteiger partial charge in [0.15, 0.2) is 0 Å². The molecule has 4 nitrogen and oxygen atoms in total. The minimum Gasteiger partial charge on any atom is -0.397 e. The van der Waals surface area contributed by atoms with Crippen LogP contribution < -0.4 is 16.4 Å². The topological polar surface area (TPSA) is 67.2 Å². The van der Waals surface area contributed by atoms with Crippen molar-refractivity contribution in [2.75, 3.05) is 24.1 Å². The van der Waals surface area contributed by atoms with Crippen molar-refractivity contribution < 1.29 is 18.0 Å². The van der Waals surface area contributed by atoms with E-state index in [9.17, 15) is 18.0 Å². The van der Waals surface area contributed by atoms with Gasteiger partial charge in [-0.1, -0.05) is 0 Å². The van der Waals surface area contributed by atoms with Crippen LogP contribution in [0.25, 0.3) is 0 Å². The third kappa shape index (κ3) is 5.07. The summed E-state index contributed by atoms with van der Waals surface area (Å²) >= 11 is 0. The van der Waals surface area contributed by atoms with E-state index in [1.165, 1.54) is 18.2 Å². The smallest absolute Gasteiger partial charge is 0.390 e. The molecule has 0 radical (unpaired) electrons. The number of alkyl halides is 3. The van der Waals surface area contributed by atoms with Gasteiger partial charge in [-0.2, -0.15) is 13.2 Å². The van der Waals surface area contributed by atoms with Crippen molar-refractivity contribution in [3.63, 3.8) is 0 Å². The van der Waals surface area contributed by atoms with Crippen LogP contribution in [0.3, 0.4) is 0 Å². The van der Waals surface area contributed by atoms with Crippen LogP contribution in [0.15, 0.2) is 18.2 Å². The van der Waals surface area contributed by atoms with E-state index >= 15 is 0 Å². The summed E-state index contributed by atoms with van der Waals surface area (Å²) in [6.45, 7) is 2.02. The van der Waals surface area contributed by atoms with Gasteiger partial charge in [0, 0.05) is 18.7 Å². The number of carbonyl (C=O) groups excluding carboxylic acids is 1. The largest absolute Gasteiger partial charge is 0.397 e. The summed E-state index contributed by atoms with van der Waals surface area (Å²) in [7, 11) is 0. The number of hydrogen-bond donors (Lipinski definition) is 3. The van der Waals surface area contributed by atoms with Gasteiger partial charge in [0.25, 0.3) is 5.91 Å². The SMILES string of the molecule is CCNC(=O)c1ccc(NCCC(F)(F)F)c(N)c1. The van der Waals surface area contributed by atoms with Crippen LogP contribution in [-0.4, -0.2) is 25.2 Å². The monoisotopic (exact) mass is 275 g/mol. The predicted octanol–water partition coefficient (Wildman–Crippen LogP) is 2.38. The second-order valence-corrected chi connectivity index (χ2v) is 3.95. The zero-order chi connectivity index (χ0) is 14.5. The molecule has 1 aromatic rings. The van der Waals surface area contributed by atoms with Crippen molar-refractivity contribution in [2.24, 2.45) is 0 Å². The molecule has 1 amide bonds. The molecule has 0 heterocycles. The maximum atomic E-state index is 12.0. The van der Waals surface area contributed by atoms with Gasteiger partial charge in [0.05, 0.1) is 17.8 Å². The van der Waals surface area contributed by atoms with Gasteiger partial charge in [-0.25, -0.2) is 0 Å². The highest BCUT2D eigenvalue weighted by Gasteiger charge is 2.26. The van der Waals surface area contributed by atoms with Gasteiger partial charge >= 0.3 is 6.18 Å². The van der Waals surface area contributed by atoms with E-state index < -0.39 is 12.6 Å². The Morgan fingerprint density at radius 1 is 1.37 bits per heavy atom. The van der Waals surface area contributed by atoms with Crippen LogP contribution in [0.1, 0.15) is 23.7 Å². The lowest BCUT2D eigenvalue weighted by molar-refractivity contribution is -0.131. The fraction of sp³-hybridized carbons (Fsp3) is 0.417. The number of halogens is 3. The first kappa shape index (κ1) is 15.1. The molecule has 0 spiro atoms. The summed E-state index contributed by atoms with van der Waals surface area (Å²) in [5, 5.41) is 5.20. The molecule has 0 saturated carbocycles. The molecule has 1 rings (SSSR count). The van der Waals surface area contributed by atoms with Crippen LogP contribution in [0, 0.1) is 0 Å². The van der Waals surface area contributed by atoms with Crippen LogP contribution in [0.4, 0.5) is 24.5 Å². The second-order valence-electron chi connectivity index (χ2n) is 3.95. The second kappa shape index (κ2) is 6.31. The summed E-state index contributed by atoms with van der Waals surface area (Å²) in [5.74, 6) is -0.268. The normalized spacial score (nSPS) is 11.2. The first-order valence-corrected chi connectivity index (χ1v) is 5.82. The van der Waals surface area contributed by atoms with Gasteiger partial charge in [-0.3, -0.25) is 4.79 Å². The number of benzene rings is 1. The molecular weight excluding hydrogens is 259 g/mol. The van der Waals surface area contributed by atoms with Crippen LogP contribution in [0.5, 0.6) is 0 Å². The zero-order valence-corrected chi connectivity index (χ0v) is 10.5. The quantitative estimate of drug-likeness (QED) is 0.723. The van der Waals surface area contributed by atoms with E-state index in [2.05, 4.69) is 10.6 Å². The summed E-state index contributed by atoms with van der Waals surface area (Å²) in [6, 6.07) is 4.44. The van der Waals surface area contributed by atoms with Gasteiger partial charge in [0.1, 0.15) is 0 Å². The standard InChI is InChI=1S/C12H16F3N3O/c1-2-17-11(19)8-3-4-10(9(16)7-8)18-6-5-12(13,14)15/h3-4,7,18H,2,5-6,16H2,1H3,(H,17,19). The Labute approximate surface area is 109 Å². The molecule has 0 fully saturated rings. The van der Waals surface area contributed by atoms with Gasteiger partial charge in [-0.05, 0) is 25.1 Å². The van der Waals surface area contributed by atoms with Crippen LogP contribution >= 0.6 is 0 Å². The maximum Gasteiger partial charge on any atom is 0.390 e. The molecule has 0 aromatic heterocycles. The fourth-order valence-electron chi connectivity index (χ4n) is 1.47. The lowest BCUT2D eigenvalue weighted by atomic mass is 10.1. The van der Waals surface area contributed by atoms with Crippen molar-refractivity contribution in [1.29, 1.82) is 0 Å². The molecule has 0 saturated heterocycles. The number of nitrogen functional groups attached to an aromatic ring is 1. The van der Waals surface area contributed by atoms with Crippen molar-refractivity contribution in [2.45, 2.75) is 19.5 Å². The number of carbonyl (C=O) groups is 1. The Morgan fingerprint density at radius 2 is 2.05 bits per heavy atom. The van der Waals surface area contributed by atoms with Gasteiger partial charge in [0.2, 0.25) is 0 Å². The minimum absolute atomic E-state index is 0.242. The van der Waals surface area contributed by atoms with E-state index in [1.807, 2.05) is 0 Å².